The van der Waals surface area contributed by atoms with Crippen molar-refractivity contribution in [2.24, 2.45) is 0 Å². The fourth-order valence-corrected chi connectivity index (χ4v) is 4.14. The van der Waals surface area contributed by atoms with Crippen LogP contribution in [-0.2, 0) is 27.9 Å². The molecule has 0 spiro atoms. The van der Waals surface area contributed by atoms with Gasteiger partial charge in [-0.05, 0) is 47.9 Å². The molecule has 1 atom stereocenters. The van der Waals surface area contributed by atoms with Gasteiger partial charge in [0.1, 0.15) is 11.9 Å². The monoisotopic (exact) mass is 419 g/mol. The molecule has 1 aromatic heterocycles. The second kappa shape index (κ2) is 9.23. The number of fused-ring (bicyclic) bond motifs is 1. The van der Waals surface area contributed by atoms with E-state index in [1.54, 1.807) is 0 Å². The first-order chi connectivity index (χ1) is 14.9. The standard InChI is InChI=1S/C26H33N3O2/c1-26(2,3)20-14-12-19(13-15-20)18-29-22-9-5-4-8-21(22)28-24(29)11-6-16-27-25(30)23-10-7-17-31-23/h4-5,8-9,12-15,23H,6-7,10-11,16-18H2,1-3H3,(H,27,30). The van der Waals surface area contributed by atoms with Crippen molar-refractivity contribution < 1.29 is 9.53 Å². The highest BCUT2D eigenvalue weighted by molar-refractivity contribution is 5.81. The van der Waals surface area contributed by atoms with Gasteiger partial charge in [0.25, 0.3) is 0 Å². The molecule has 31 heavy (non-hydrogen) atoms. The molecular formula is C26H33N3O2. The molecule has 1 unspecified atom stereocenters. The van der Waals surface area contributed by atoms with E-state index in [0.717, 1.165) is 49.1 Å². The summed E-state index contributed by atoms with van der Waals surface area (Å²) in [5.74, 6) is 1.08. The summed E-state index contributed by atoms with van der Waals surface area (Å²) < 4.78 is 7.77. The molecular weight excluding hydrogens is 386 g/mol. The Morgan fingerprint density at radius 2 is 1.94 bits per heavy atom. The normalized spacial score (nSPS) is 16.7. The van der Waals surface area contributed by atoms with Crippen molar-refractivity contribution in [3.63, 3.8) is 0 Å². The van der Waals surface area contributed by atoms with E-state index in [4.69, 9.17) is 9.72 Å². The molecule has 0 bridgehead atoms. The zero-order valence-corrected chi connectivity index (χ0v) is 18.9. The first kappa shape index (κ1) is 21.6. The fraction of sp³-hybridized carbons (Fsp3) is 0.462. The van der Waals surface area contributed by atoms with Crippen LogP contribution in [0.1, 0.15) is 57.0 Å². The van der Waals surface area contributed by atoms with Crippen LogP contribution < -0.4 is 5.32 Å². The molecule has 0 radical (unpaired) electrons. The largest absolute Gasteiger partial charge is 0.368 e. The fourth-order valence-electron chi connectivity index (χ4n) is 4.14. The predicted octanol–water partition coefficient (Wildman–Crippen LogP) is 4.61. The lowest BCUT2D eigenvalue weighted by Crippen LogP contribution is -2.34. The minimum Gasteiger partial charge on any atom is -0.368 e. The summed E-state index contributed by atoms with van der Waals surface area (Å²) in [7, 11) is 0. The third-order valence-corrected chi connectivity index (χ3v) is 5.99. The lowest BCUT2D eigenvalue weighted by Gasteiger charge is -2.19. The number of aryl methyl sites for hydroxylation is 1. The maximum Gasteiger partial charge on any atom is 0.249 e. The Morgan fingerprint density at radius 3 is 2.65 bits per heavy atom. The molecule has 4 rings (SSSR count). The maximum atomic E-state index is 12.1. The smallest absolute Gasteiger partial charge is 0.249 e. The Hall–Kier alpha value is -2.66. The second-order valence-electron chi connectivity index (χ2n) is 9.45. The average molecular weight is 420 g/mol. The lowest BCUT2D eigenvalue weighted by molar-refractivity contribution is -0.130. The Labute approximate surface area is 184 Å². The molecule has 1 saturated heterocycles. The molecule has 1 fully saturated rings. The van der Waals surface area contributed by atoms with E-state index in [1.807, 2.05) is 6.07 Å². The zero-order chi connectivity index (χ0) is 21.8. The molecule has 1 aliphatic heterocycles. The van der Waals surface area contributed by atoms with E-state index in [0.29, 0.717) is 13.2 Å². The zero-order valence-electron chi connectivity index (χ0n) is 18.9. The van der Waals surface area contributed by atoms with Crippen LogP contribution in [0.2, 0.25) is 0 Å². The highest BCUT2D eigenvalue weighted by Crippen LogP contribution is 2.24. The Bertz CT molecular complexity index is 1020. The molecule has 2 heterocycles. The molecule has 1 aliphatic rings. The molecule has 1 amide bonds. The van der Waals surface area contributed by atoms with E-state index in [2.05, 4.69) is 73.1 Å². The highest BCUT2D eigenvalue weighted by Gasteiger charge is 2.23. The van der Waals surface area contributed by atoms with E-state index >= 15 is 0 Å². The number of nitrogens with one attached hydrogen (secondary N) is 1. The van der Waals surface area contributed by atoms with E-state index in [9.17, 15) is 4.79 Å². The van der Waals surface area contributed by atoms with Crippen molar-refractivity contribution in [2.75, 3.05) is 13.2 Å². The average Bonchev–Trinajstić information content (AvgIpc) is 3.40. The van der Waals surface area contributed by atoms with E-state index in [-0.39, 0.29) is 17.4 Å². The van der Waals surface area contributed by atoms with Gasteiger partial charge in [-0.1, -0.05) is 57.2 Å². The first-order valence-electron chi connectivity index (χ1n) is 11.3. The van der Waals surface area contributed by atoms with Crippen molar-refractivity contribution in [1.29, 1.82) is 0 Å². The van der Waals surface area contributed by atoms with E-state index in [1.165, 1.54) is 11.1 Å². The lowest BCUT2D eigenvalue weighted by atomic mass is 9.87. The van der Waals surface area contributed by atoms with Crippen LogP contribution in [0.15, 0.2) is 48.5 Å². The van der Waals surface area contributed by atoms with Crippen LogP contribution in [-0.4, -0.2) is 34.7 Å². The van der Waals surface area contributed by atoms with Gasteiger partial charge in [-0.2, -0.15) is 0 Å². The number of hydrogen-bond acceptors (Lipinski definition) is 3. The quantitative estimate of drug-likeness (QED) is 0.569. The van der Waals surface area contributed by atoms with E-state index < -0.39 is 0 Å². The number of carbonyl (C=O) groups is 1. The van der Waals surface area contributed by atoms with Crippen LogP contribution in [0.4, 0.5) is 0 Å². The number of imidazole rings is 1. The first-order valence-corrected chi connectivity index (χ1v) is 11.3. The number of nitrogens with zero attached hydrogens (tertiary/aromatic N) is 2. The Balaban J connectivity index is 1.45. The molecule has 3 aromatic rings. The molecule has 1 N–H and O–H groups in total. The number of para-hydroxylation sites is 2. The molecule has 164 valence electrons. The third-order valence-electron chi connectivity index (χ3n) is 5.99. The van der Waals surface area contributed by atoms with Gasteiger partial charge in [0, 0.05) is 26.1 Å². The summed E-state index contributed by atoms with van der Waals surface area (Å²) in [5.41, 5.74) is 4.94. The Kier molecular flexibility index (Phi) is 6.42. The van der Waals surface area contributed by atoms with Gasteiger partial charge >= 0.3 is 0 Å². The summed E-state index contributed by atoms with van der Waals surface area (Å²) in [6.07, 6.45) is 3.21. The summed E-state index contributed by atoms with van der Waals surface area (Å²) in [6, 6.07) is 17.2. The van der Waals surface area contributed by atoms with Crippen molar-refractivity contribution in [1.82, 2.24) is 14.9 Å². The number of benzene rings is 2. The van der Waals surface area contributed by atoms with Crippen molar-refractivity contribution >= 4 is 16.9 Å². The summed E-state index contributed by atoms with van der Waals surface area (Å²) >= 11 is 0. The molecule has 5 nitrogen and oxygen atoms in total. The number of aromatic nitrogens is 2. The topological polar surface area (TPSA) is 56.2 Å². The third kappa shape index (κ3) is 5.16. The minimum atomic E-state index is -0.263. The van der Waals surface area contributed by atoms with Crippen molar-refractivity contribution in [3.8, 4) is 0 Å². The molecule has 0 saturated carbocycles. The number of rotatable bonds is 7. The van der Waals surface area contributed by atoms with Crippen molar-refractivity contribution in [3.05, 3.63) is 65.5 Å². The predicted molar refractivity (Wildman–Crippen MR) is 124 cm³/mol. The number of hydrogen-bond donors (Lipinski definition) is 1. The van der Waals surface area contributed by atoms with Gasteiger partial charge < -0.3 is 14.6 Å². The van der Waals surface area contributed by atoms with Gasteiger partial charge in [-0.15, -0.1) is 0 Å². The molecule has 2 aromatic carbocycles. The molecule has 0 aliphatic carbocycles. The second-order valence-corrected chi connectivity index (χ2v) is 9.45. The van der Waals surface area contributed by atoms with Gasteiger partial charge in [0.05, 0.1) is 11.0 Å². The summed E-state index contributed by atoms with van der Waals surface area (Å²) in [6.45, 7) is 8.84. The minimum absolute atomic E-state index is 0.0185. The van der Waals surface area contributed by atoms with Crippen LogP contribution in [0.5, 0.6) is 0 Å². The van der Waals surface area contributed by atoms with Crippen LogP contribution >= 0.6 is 0 Å². The molecule has 5 heteroatoms. The summed E-state index contributed by atoms with van der Waals surface area (Å²) in [5, 5.41) is 3.02. The number of carbonyl (C=O) groups excluding carboxylic acids is 1. The highest BCUT2D eigenvalue weighted by atomic mass is 16.5. The Morgan fingerprint density at radius 1 is 1.16 bits per heavy atom. The van der Waals surface area contributed by atoms with Crippen LogP contribution in [0, 0.1) is 0 Å². The van der Waals surface area contributed by atoms with Crippen LogP contribution in [0.3, 0.4) is 0 Å². The summed E-state index contributed by atoms with van der Waals surface area (Å²) in [4.78, 5) is 17.0. The van der Waals surface area contributed by atoms with Crippen LogP contribution in [0.25, 0.3) is 11.0 Å². The SMILES string of the molecule is CC(C)(C)c1ccc(Cn2c(CCCNC(=O)C3CCCO3)nc3ccccc32)cc1. The maximum absolute atomic E-state index is 12.1. The number of ether oxygens (including phenoxy) is 1. The number of amides is 1. The van der Waals surface area contributed by atoms with Gasteiger partial charge in [0.15, 0.2) is 0 Å². The van der Waals surface area contributed by atoms with Gasteiger partial charge in [-0.3, -0.25) is 4.79 Å². The van der Waals surface area contributed by atoms with Crippen molar-refractivity contribution in [2.45, 2.75) is 64.5 Å². The van der Waals surface area contributed by atoms with Gasteiger partial charge in [-0.25, -0.2) is 4.98 Å². The van der Waals surface area contributed by atoms with Gasteiger partial charge in [0.2, 0.25) is 5.91 Å².